The zero-order valence-electron chi connectivity index (χ0n) is 12.2. The van der Waals surface area contributed by atoms with Crippen molar-refractivity contribution < 1.29 is 4.74 Å². The third-order valence-electron chi connectivity index (χ3n) is 4.14. The molecule has 0 spiro atoms. The Kier molecular flexibility index (Phi) is 3.96. The Morgan fingerprint density at radius 2 is 2.00 bits per heavy atom. The van der Waals surface area contributed by atoms with E-state index in [2.05, 4.69) is 45.1 Å². The fraction of sp³-hybridized carbons (Fsp3) is 0.625. The summed E-state index contributed by atoms with van der Waals surface area (Å²) in [6.45, 7) is 9.88. The molecule has 2 rings (SSSR count). The average molecular weight is 247 g/mol. The van der Waals surface area contributed by atoms with Crippen LogP contribution in [0.15, 0.2) is 12.1 Å². The zero-order chi connectivity index (χ0) is 13.3. The number of aryl methyl sites for hydroxylation is 2. The van der Waals surface area contributed by atoms with Gasteiger partial charge in [0.2, 0.25) is 0 Å². The second-order valence-electron chi connectivity index (χ2n) is 5.59. The van der Waals surface area contributed by atoms with Crippen molar-refractivity contribution in [1.29, 1.82) is 0 Å². The highest BCUT2D eigenvalue weighted by atomic mass is 16.5. The van der Waals surface area contributed by atoms with Crippen molar-refractivity contribution in [2.24, 2.45) is 11.8 Å². The normalized spacial score (nSPS) is 23.8. The number of hydrogen-bond acceptors (Lipinski definition) is 2. The largest absolute Gasteiger partial charge is 0.496 e. The second-order valence-corrected chi connectivity index (χ2v) is 5.59. The van der Waals surface area contributed by atoms with Crippen LogP contribution in [0.4, 0.5) is 0 Å². The Hall–Kier alpha value is -1.02. The molecule has 1 fully saturated rings. The van der Waals surface area contributed by atoms with Crippen molar-refractivity contribution >= 4 is 0 Å². The van der Waals surface area contributed by atoms with Gasteiger partial charge < -0.3 is 10.1 Å². The van der Waals surface area contributed by atoms with E-state index in [1.54, 1.807) is 7.11 Å². The molecule has 18 heavy (non-hydrogen) atoms. The maximum atomic E-state index is 5.40. The molecule has 1 aromatic carbocycles. The summed E-state index contributed by atoms with van der Waals surface area (Å²) in [7, 11) is 1.74. The number of methoxy groups -OCH3 is 1. The first-order valence-electron chi connectivity index (χ1n) is 6.97. The highest BCUT2D eigenvalue weighted by molar-refractivity contribution is 5.43. The second kappa shape index (κ2) is 5.31. The molecule has 2 heteroatoms. The maximum absolute atomic E-state index is 5.40. The van der Waals surface area contributed by atoms with Gasteiger partial charge in [-0.25, -0.2) is 0 Å². The van der Waals surface area contributed by atoms with Gasteiger partial charge in [-0.3, -0.25) is 0 Å². The van der Waals surface area contributed by atoms with Gasteiger partial charge in [-0.2, -0.15) is 0 Å². The van der Waals surface area contributed by atoms with Gasteiger partial charge in [-0.05, 0) is 61.4 Å². The molecule has 0 amide bonds. The Morgan fingerprint density at radius 3 is 2.50 bits per heavy atom. The van der Waals surface area contributed by atoms with Crippen molar-refractivity contribution in [3.63, 3.8) is 0 Å². The molecular formula is C16H25NO. The minimum Gasteiger partial charge on any atom is -0.496 e. The lowest BCUT2D eigenvalue weighted by atomic mass is 9.94. The van der Waals surface area contributed by atoms with Gasteiger partial charge in [0.25, 0.3) is 0 Å². The van der Waals surface area contributed by atoms with E-state index in [4.69, 9.17) is 4.74 Å². The van der Waals surface area contributed by atoms with E-state index >= 15 is 0 Å². The summed E-state index contributed by atoms with van der Waals surface area (Å²) in [5, 5.41) is 3.66. The summed E-state index contributed by atoms with van der Waals surface area (Å²) in [4.78, 5) is 0. The Balaban J connectivity index is 2.32. The van der Waals surface area contributed by atoms with Crippen LogP contribution >= 0.6 is 0 Å². The van der Waals surface area contributed by atoms with Crippen LogP contribution in [0.25, 0.3) is 0 Å². The van der Waals surface area contributed by atoms with Crippen LogP contribution in [0.2, 0.25) is 0 Å². The Labute approximate surface area is 111 Å². The molecule has 1 aliphatic rings. The van der Waals surface area contributed by atoms with Crippen LogP contribution in [-0.4, -0.2) is 13.7 Å². The molecule has 0 heterocycles. The summed E-state index contributed by atoms with van der Waals surface area (Å²) in [5.41, 5.74) is 4.02. The van der Waals surface area contributed by atoms with Gasteiger partial charge in [0, 0.05) is 6.04 Å². The molecule has 3 atom stereocenters. The summed E-state index contributed by atoms with van der Waals surface area (Å²) in [5.74, 6) is 2.66. The highest BCUT2D eigenvalue weighted by Crippen LogP contribution is 2.48. The summed E-state index contributed by atoms with van der Waals surface area (Å²) >= 11 is 0. The molecule has 0 bridgehead atoms. The van der Waals surface area contributed by atoms with E-state index in [0.717, 1.165) is 24.1 Å². The van der Waals surface area contributed by atoms with Crippen LogP contribution in [0.1, 0.15) is 43.0 Å². The monoisotopic (exact) mass is 247 g/mol. The first-order valence-corrected chi connectivity index (χ1v) is 6.97. The van der Waals surface area contributed by atoms with E-state index in [1.165, 1.54) is 23.1 Å². The number of rotatable bonds is 5. The molecule has 1 aromatic rings. The van der Waals surface area contributed by atoms with E-state index < -0.39 is 0 Å². The fourth-order valence-electron chi connectivity index (χ4n) is 2.89. The lowest BCUT2D eigenvalue weighted by Gasteiger charge is -2.22. The minimum absolute atomic E-state index is 0.509. The Morgan fingerprint density at radius 1 is 1.33 bits per heavy atom. The van der Waals surface area contributed by atoms with E-state index in [9.17, 15) is 0 Å². The van der Waals surface area contributed by atoms with Gasteiger partial charge in [0.15, 0.2) is 0 Å². The highest BCUT2D eigenvalue weighted by Gasteiger charge is 2.40. The lowest BCUT2D eigenvalue weighted by Crippen LogP contribution is -2.24. The topological polar surface area (TPSA) is 21.3 Å². The quantitative estimate of drug-likeness (QED) is 0.858. The summed E-state index contributed by atoms with van der Waals surface area (Å²) in [6, 6.07) is 4.98. The van der Waals surface area contributed by atoms with Gasteiger partial charge in [-0.1, -0.05) is 19.9 Å². The first-order chi connectivity index (χ1) is 8.58. The van der Waals surface area contributed by atoms with E-state index in [1.807, 2.05) is 0 Å². The molecule has 0 aromatic heterocycles. The van der Waals surface area contributed by atoms with Crippen molar-refractivity contribution in [2.45, 2.75) is 40.2 Å². The number of benzene rings is 1. The first kappa shape index (κ1) is 13.4. The summed E-state index contributed by atoms with van der Waals surface area (Å²) < 4.78 is 5.40. The number of ether oxygens (including phenoxy) is 1. The summed E-state index contributed by atoms with van der Waals surface area (Å²) in [6.07, 6.45) is 1.35. The fourth-order valence-corrected chi connectivity index (χ4v) is 2.89. The SMILES string of the molecule is CCNC(c1cc(C)c(OC)cc1C)C1CC1C. The zero-order valence-corrected chi connectivity index (χ0v) is 12.2. The van der Waals surface area contributed by atoms with Crippen molar-refractivity contribution in [2.75, 3.05) is 13.7 Å². The van der Waals surface area contributed by atoms with Gasteiger partial charge in [0.1, 0.15) is 5.75 Å². The van der Waals surface area contributed by atoms with Crippen LogP contribution in [0, 0.1) is 25.7 Å². The van der Waals surface area contributed by atoms with Crippen LogP contribution in [-0.2, 0) is 0 Å². The van der Waals surface area contributed by atoms with E-state index in [0.29, 0.717) is 6.04 Å². The molecule has 3 unspecified atom stereocenters. The third-order valence-corrected chi connectivity index (χ3v) is 4.14. The molecule has 1 aliphatic carbocycles. The smallest absolute Gasteiger partial charge is 0.122 e. The van der Waals surface area contributed by atoms with Crippen molar-refractivity contribution in [1.82, 2.24) is 5.32 Å². The molecule has 1 saturated carbocycles. The molecule has 100 valence electrons. The minimum atomic E-state index is 0.509. The molecular weight excluding hydrogens is 222 g/mol. The molecule has 0 saturated heterocycles. The van der Waals surface area contributed by atoms with Gasteiger partial charge in [0.05, 0.1) is 7.11 Å². The average Bonchev–Trinajstić information content (AvgIpc) is 3.06. The lowest BCUT2D eigenvalue weighted by molar-refractivity contribution is 0.410. The van der Waals surface area contributed by atoms with Crippen LogP contribution in [0.3, 0.4) is 0 Å². The van der Waals surface area contributed by atoms with Crippen molar-refractivity contribution in [3.05, 3.63) is 28.8 Å². The van der Waals surface area contributed by atoms with Crippen molar-refractivity contribution in [3.8, 4) is 5.75 Å². The molecule has 2 nitrogen and oxygen atoms in total. The number of nitrogens with one attached hydrogen (secondary N) is 1. The van der Waals surface area contributed by atoms with Gasteiger partial charge in [-0.15, -0.1) is 0 Å². The van der Waals surface area contributed by atoms with Crippen LogP contribution < -0.4 is 10.1 Å². The molecule has 1 N–H and O–H groups in total. The Bertz CT molecular complexity index is 427. The number of hydrogen-bond donors (Lipinski definition) is 1. The van der Waals surface area contributed by atoms with Gasteiger partial charge >= 0.3 is 0 Å². The third kappa shape index (κ3) is 2.54. The maximum Gasteiger partial charge on any atom is 0.122 e. The predicted molar refractivity (Wildman–Crippen MR) is 76.2 cm³/mol. The molecule has 0 radical (unpaired) electrons. The molecule has 0 aliphatic heterocycles. The van der Waals surface area contributed by atoms with E-state index in [-0.39, 0.29) is 0 Å². The van der Waals surface area contributed by atoms with Crippen LogP contribution in [0.5, 0.6) is 5.75 Å². The standard InChI is InChI=1S/C16H25NO/c1-6-17-16(13-7-10(13)2)14-8-12(4)15(18-5)9-11(14)3/h8-10,13,16-17H,6-7H2,1-5H3. The predicted octanol–water partition coefficient (Wildman–Crippen LogP) is 3.62.